The summed E-state index contributed by atoms with van der Waals surface area (Å²) in [5.74, 6) is 0.689. The van der Waals surface area contributed by atoms with E-state index >= 15 is 0 Å². The summed E-state index contributed by atoms with van der Waals surface area (Å²) < 4.78 is 5.91. The first-order chi connectivity index (χ1) is 9.92. The van der Waals surface area contributed by atoms with E-state index in [1.165, 1.54) is 43.5 Å². The van der Waals surface area contributed by atoms with Crippen LogP contribution >= 0.6 is 0 Å². The second-order valence-corrected chi connectivity index (χ2v) is 6.40. The zero-order valence-corrected chi connectivity index (χ0v) is 12.1. The van der Waals surface area contributed by atoms with E-state index in [4.69, 9.17) is 4.74 Å². The third-order valence-corrected chi connectivity index (χ3v) is 5.30. The van der Waals surface area contributed by atoms with Crippen molar-refractivity contribution in [2.45, 2.75) is 43.7 Å². The Morgan fingerprint density at radius 3 is 3.20 bits per heavy atom. The van der Waals surface area contributed by atoms with E-state index < -0.39 is 0 Å². The van der Waals surface area contributed by atoms with Crippen molar-refractivity contribution in [3.63, 3.8) is 0 Å². The lowest BCUT2D eigenvalue weighted by molar-refractivity contribution is -0.0560. The number of para-hydroxylation sites is 1. The number of anilines is 1. The Morgan fingerprint density at radius 2 is 2.20 bits per heavy atom. The summed E-state index contributed by atoms with van der Waals surface area (Å²) in [5.41, 5.74) is 2.86. The SMILES string of the molecule is c1ccc2c(c1)NCC2CCN1CCOC2CCCC21. The summed E-state index contributed by atoms with van der Waals surface area (Å²) >= 11 is 0. The molecular formula is C17H24N2O. The molecule has 0 bridgehead atoms. The van der Waals surface area contributed by atoms with E-state index in [2.05, 4.69) is 34.5 Å². The molecule has 3 atom stereocenters. The van der Waals surface area contributed by atoms with Crippen molar-refractivity contribution < 1.29 is 4.74 Å². The van der Waals surface area contributed by atoms with E-state index in [0.717, 1.165) is 19.7 Å². The van der Waals surface area contributed by atoms with Crippen LogP contribution in [0.1, 0.15) is 37.2 Å². The first-order valence-electron chi connectivity index (χ1n) is 8.10. The van der Waals surface area contributed by atoms with E-state index in [1.54, 1.807) is 0 Å². The van der Waals surface area contributed by atoms with Gasteiger partial charge in [-0.05, 0) is 43.9 Å². The molecule has 20 heavy (non-hydrogen) atoms. The van der Waals surface area contributed by atoms with Crippen LogP contribution in [0.4, 0.5) is 5.69 Å². The summed E-state index contributed by atoms with van der Waals surface area (Å²) in [6, 6.07) is 9.49. The molecule has 1 saturated carbocycles. The van der Waals surface area contributed by atoms with Gasteiger partial charge in [0.05, 0.1) is 12.7 Å². The minimum Gasteiger partial charge on any atom is -0.384 e. The average molecular weight is 272 g/mol. The normalized spacial score (nSPS) is 32.7. The summed E-state index contributed by atoms with van der Waals surface area (Å²) in [4.78, 5) is 2.70. The van der Waals surface area contributed by atoms with Crippen LogP contribution in [0.25, 0.3) is 0 Å². The molecule has 108 valence electrons. The minimum atomic E-state index is 0.526. The molecule has 0 radical (unpaired) electrons. The van der Waals surface area contributed by atoms with Gasteiger partial charge >= 0.3 is 0 Å². The number of nitrogens with one attached hydrogen (secondary N) is 1. The van der Waals surface area contributed by atoms with Gasteiger partial charge in [-0.25, -0.2) is 0 Å². The fraction of sp³-hybridized carbons (Fsp3) is 0.647. The molecule has 1 N–H and O–H groups in total. The monoisotopic (exact) mass is 272 g/mol. The second kappa shape index (κ2) is 5.38. The molecular weight excluding hydrogens is 248 g/mol. The molecule has 0 spiro atoms. The Labute approximate surface area is 121 Å². The van der Waals surface area contributed by atoms with Crippen LogP contribution in [-0.4, -0.2) is 43.3 Å². The molecule has 0 aromatic heterocycles. The third kappa shape index (κ3) is 2.23. The Balaban J connectivity index is 1.39. The summed E-state index contributed by atoms with van der Waals surface area (Å²) in [6.45, 7) is 4.40. The van der Waals surface area contributed by atoms with Gasteiger partial charge in [-0.2, -0.15) is 0 Å². The van der Waals surface area contributed by atoms with Crippen LogP contribution in [0.2, 0.25) is 0 Å². The molecule has 1 saturated heterocycles. The van der Waals surface area contributed by atoms with Gasteiger partial charge in [0.2, 0.25) is 0 Å². The minimum absolute atomic E-state index is 0.526. The van der Waals surface area contributed by atoms with Gasteiger partial charge in [-0.15, -0.1) is 0 Å². The molecule has 1 aliphatic carbocycles. The molecule has 0 amide bonds. The fourth-order valence-electron chi connectivity index (χ4n) is 4.22. The lowest BCUT2D eigenvalue weighted by Gasteiger charge is -2.38. The quantitative estimate of drug-likeness (QED) is 0.915. The number of fused-ring (bicyclic) bond motifs is 2. The highest BCUT2D eigenvalue weighted by Gasteiger charge is 2.36. The first kappa shape index (κ1) is 12.7. The zero-order valence-electron chi connectivity index (χ0n) is 12.1. The molecule has 2 aliphatic heterocycles. The maximum Gasteiger partial charge on any atom is 0.0730 e. The Bertz CT molecular complexity index is 476. The highest BCUT2D eigenvalue weighted by atomic mass is 16.5. The van der Waals surface area contributed by atoms with Gasteiger partial charge in [-0.1, -0.05) is 18.2 Å². The largest absolute Gasteiger partial charge is 0.384 e. The molecule has 3 heteroatoms. The Hall–Kier alpha value is -1.06. The summed E-state index contributed by atoms with van der Waals surface area (Å²) in [7, 11) is 0. The van der Waals surface area contributed by atoms with Crippen molar-refractivity contribution in [1.82, 2.24) is 4.90 Å². The van der Waals surface area contributed by atoms with Gasteiger partial charge < -0.3 is 10.1 Å². The van der Waals surface area contributed by atoms with Crippen molar-refractivity contribution in [3.8, 4) is 0 Å². The predicted octanol–water partition coefficient (Wildman–Crippen LogP) is 2.84. The molecule has 3 unspecified atom stereocenters. The van der Waals surface area contributed by atoms with E-state index in [0.29, 0.717) is 18.1 Å². The van der Waals surface area contributed by atoms with Crippen LogP contribution in [0.3, 0.4) is 0 Å². The number of hydrogen-bond acceptors (Lipinski definition) is 3. The Kier molecular flexibility index (Phi) is 3.41. The second-order valence-electron chi connectivity index (χ2n) is 6.40. The third-order valence-electron chi connectivity index (χ3n) is 5.30. The van der Waals surface area contributed by atoms with Gasteiger partial charge in [0, 0.05) is 30.7 Å². The van der Waals surface area contributed by atoms with Crippen molar-refractivity contribution >= 4 is 5.69 Å². The fourth-order valence-corrected chi connectivity index (χ4v) is 4.22. The molecule has 2 fully saturated rings. The van der Waals surface area contributed by atoms with E-state index in [1.807, 2.05) is 0 Å². The number of ether oxygens (including phenoxy) is 1. The van der Waals surface area contributed by atoms with Crippen molar-refractivity contribution in [3.05, 3.63) is 29.8 Å². The number of benzene rings is 1. The summed E-state index contributed by atoms with van der Waals surface area (Å²) in [5, 5.41) is 3.54. The molecule has 4 rings (SSSR count). The van der Waals surface area contributed by atoms with Crippen LogP contribution in [0.5, 0.6) is 0 Å². The number of rotatable bonds is 3. The van der Waals surface area contributed by atoms with Crippen molar-refractivity contribution in [2.75, 3.05) is 31.6 Å². The number of hydrogen-bond donors (Lipinski definition) is 1. The number of nitrogens with zero attached hydrogens (tertiary/aromatic N) is 1. The maximum absolute atomic E-state index is 5.91. The Morgan fingerprint density at radius 1 is 1.25 bits per heavy atom. The standard InChI is InChI=1S/C17H24N2O/c1-2-5-15-14(4-1)13(12-18-15)8-9-19-10-11-20-17-7-3-6-16(17)19/h1-2,4-5,13,16-18H,3,6-12H2. The lowest BCUT2D eigenvalue weighted by atomic mass is 9.97. The van der Waals surface area contributed by atoms with Gasteiger partial charge in [0.1, 0.15) is 0 Å². The molecule has 2 heterocycles. The van der Waals surface area contributed by atoms with Crippen LogP contribution in [0.15, 0.2) is 24.3 Å². The zero-order chi connectivity index (χ0) is 13.4. The molecule has 3 nitrogen and oxygen atoms in total. The topological polar surface area (TPSA) is 24.5 Å². The van der Waals surface area contributed by atoms with Gasteiger partial charge in [0.15, 0.2) is 0 Å². The molecule has 3 aliphatic rings. The van der Waals surface area contributed by atoms with E-state index in [9.17, 15) is 0 Å². The van der Waals surface area contributed by atoms with Gasteiger partial charge in [0.25, 0.3) is 0 Å². The average Bonchev–Trinajstić information content (AvgIpc) is 3.12. The van der Waals surface area contributed by atoms with Gasteiger partial charge in [-0.3, -0.25) is 4.90 Å². The lowest BCUT2D eigenvalue weighted by Crippen LogP contribution is -2.48. The van der Waals surface area contributed by atoms with Crippen molar-refractivity contribution in [1.29, 1.82) is 0 Å². The van der Waals surface area contributed by atoms with Crippen LogP contribution in [0, 0.1) is 0 Å². The maximum atomic E-state index is 5.91. The highest BCUT2D eigenvalue weighted by molar-refractivity contribution is 5.57. The first-order valence-corrected chi connectivity index (χ1v) is 8.10. The predicted molar refractivity (Wildman–Crippen MR) is 81.2 cm³/mol. The smallest absolute Gasteiger partial charge is 0.0730 e. The molecule has 1 aromatic rings. The highest BCUT2D eigenvalue weighted by Crippen LogP contribution is 2.35. The van der Waals surface area contributed by atoms with Crippen LogP contribution < -0.4 is 5.32 Å². The van der Waals surface area contributed by atoms with Crippen molar-refractivity contribution in [2.24, 2.45) is 0 Å². The van der Waals surface area contributed by atoms with Crippen LogP contribution in [-0.2, 0) is 4.74 Å². The molecule has 1 aromatic carbocycles. The number of morpholine rings is 1. The van der Waals surface area contributed by atoms with E-state index in [-0.39, 0.29) is 0 Å². The summed E-state index contributed by atoms with van der Waals surface area (Å²) in [6.07, 6.45) is 5.75.